The lowest BCUT2D eigenvalue weighted by Crippen LogP contribution is -2.09. The van der Waals surface area contributed by atoms with Gasteiger partial charge < -0.3 is 10.6 Å². The van der Waals surface area contributed by atoms with Crippen molar-refractivity contribution in [2.75, 3.05) is 17.2 Å². The lowest BCUT2D eigenvalue weighted by molar-refractivity contribution is 0.606. The second-order valence-corrected chi connectivity index (χ2v) is 5.43. The fourth-order valence-electron chi connectivity index (χ4n) is 1.88. The second kappa shape index (κ2) is 7.02. The summed E-state index contributed by atoms with van der Waals surface area (Å²) in [6.07, 6.45) is 1.05. The van der Waals surface area contributed by atoms with Crippen molar-refractivity contribution < 1.29 is 4.39 Å². The largest absolute Gasteiger partial charge is 0.354 e. The summed E-state index contributed by atoms with van der Waals surface area (Å²) in [4.78, 5) is 8.71. The third-order valence-corrected chi connectivity index (χ3v) is 3.00. The molecule has 112 valence electrons. The molecule has 0 radical (unpaired) electrons. The molecular weight excluding hydrogens is 267 g/mol. The number of aryl methyl sites for hydroxylation is 1. The zero-order chi connectivity index (χ0) is 15.2. The van der Waals surface area contributed by atoms with Crippen LogP contribution in [0.25, 0.3) is 0 Å². The van der Waals surface area contributed by atoms with Crippen LogP contribution in [0.1, 0.15) is 26.0 Å². The topological polar surface area (TPSA) is 49.8 Å². The molecule has 2 rings (SSSR count). The maximum Gasteiger partial charge on any atom is 0.224 e. The normalized spacial score (nSPS) is 10.7. The average molecular weight is 288 g/mol. The number of benzene rings is 1. The summed E-state index contributed by atoms with van der Waals surface area (Å²) in [5.41, 5.74) is 1.24. The van der Waals surface area contributed by atoms with E-state index in [-0.39, 0.29) is 5.82 Å². The van der Waals surface area contributed by atoms with Crippen LogP contribution in [-0.2, 0) is 0 Å². The number of aromatic nitrogens is 2. The monoisotopic (exact) mass is 288 g/mol. The Hall–Kier alpha value is -2.17. The number of hydrogen-bond acceptors (Lipinski definition) is 4. The van der Waals surface area contributed by atoms with Crippen LogP contribution in [0.2, 0.25) is 0 Å². The summed E-state index contributed by atoms with van der Waals surface area (Å²) < 4.78 is 13.6. The Morgan fingerprint density at radius 2 is 1.95 bits per heavy atom. The van der Waals surface area contributed by atoms with Gasteiger partial charge in [0.1, 0.15) is 11.6 Å². The van der Waals surface area contributed by atoms with E-state index in [0.717, 1.165) is 18.7 Å². The molecule has 1 aromatic heterocycles. The first kappa shape index (κ1) is 15.2. The summed E-state index contributed by atoms with van der Waals surface area (Å²) >= 11 is 0. The molecule has 0 aliphatic rings. The van der Waals surface area contributed by atoms with Crippen molar-refractivity contribution >= 4 is 17.5 Å². The van der Waals surface area contributed by atoms with E-state index < -0.39 is 0 Å². The minimum Gasteiger partial charge on any atom is -0.354 e. The number of anilines is 3. The van der Waals surface area contributed by atoms with E-state index in [4.69, 9.17) is 0 Å². The Labute approximate surface area is 124 Å². The number of hydrogen-bond donors (Lipinski definition) is 2. The van der Waals surface area contributed by atoms with Crippen molar-refractivity contribution in [3.05, 3.63) is 41.8 Å². The molecule has 0 atom stereocenters. The lowest BCUT2D eigenvalue weighted by atomic mass is 10.1. The minimum atomic E-state index is -0.303. The highest BCUT2D eigenvalue weighted by molar-refractivity contribution is 5.58. The van der Waals surface area contributed by atoms with Crippen molar-refractivity contribution in [3.8, 4) is 0 Å². The van der Waals surface area contributed by atoms with Crippen LogP contribution in [0.4, 0.5) is 21.8 Å². The van der Waals surface area contributed by atoms with Crippen LogP contribution < -0.4 is 10.6 Å². The number of halogens is 1. The fraction of sp³-hybridized carbons (Fsp3) is 0.375. The van der Waals surface area contributed by atoms with Gasteiger partial charge in [-0.25, -0.2) is 9.37 Å². The first-order valence-corrected chi connectivity index (χ1v) is 7.15. The SMILES string of the molecule is Cc1cc(Nc2ccccc2F)nc(NCCC(C)C)n1. The molecule has 0 aliphatic heterocycles. The number of nitrogens with zero attached hydrogens (tertiary/aromatic N) is 2. The molecule has 0 aliphatic carbocycles. The van der Waals surface area contributed by atoms with Gasteiger partial charge in [-0.1, -0.05) is 26.0 Å². The molecule has 5 heteroatoms. The fourth-order valence-corrected chi connectivity index (χ4v) is 1.88. The first-order valence-electron chi connectivity index (χ1n) is 7.15. The van der Waals surface area contributed by atoms with Crippen molar-refractivity contribution in [3.63, 3.8) is 0 Å². The van der Waals surface area contributed by atoms with E-state index >= 15 is 0 Å². The predicted molar refractivity (Wildman–Crippen MR) is 84.4 cm³/mol. The van der Waals surface area contributed by atoms with Crippen LogP contribution in [0.15, 0.2) is 30.3 Å². The molecule has 2 aromatic rings. The van der Waals surface area contributed by atoms with Gasteiger partial charge in [0.2, 0.25) is 5.95 Å². The molecular formula is C16H21FN4. The Morgan fingerprint density at radius 3 is 2.67 bits per heavy atom. The highest BCUT2D eigenvalue weighted by Gasteiger charge is 2.05. The van der Waals surface area contributed by atoms with Gasteiger partial charge in [-0.3, -0.25) is 0 Å². The van der Waals surface area contributed by atoms with E-state index in [1.807, 2.05) is 6.92 Å². The lowest BCUT2D eigenvalue weighted by Gasteiger charge is -2.11. The van der Waals surface area contributed by atoms with Crippen molar-refractivity contribution in [2.24, 2.45) is 5.92 Å². The van der Waals surface area contributed by atoms with Crippen LogP contribution in [0.5, 0.6) is 0 Å². The maximum absolute atomic E-state index is 13.6. The molecule has 0 bridgehead atoms. The Kier molecular flexibility index (Phi) is 5.09. The number of nitrogens with one attached hydrogen (secondary N) is 2. The van der Waals surface area contributed by atoms with Gasteiger partial charge in [-0.15, -0.1) is 0 Å². The summed E-state index contributed by atoms with van der Waals surface area (Å²) in [6.45, 7) is 7.05. The highest BCUT2D eigenvalue weighted by atomic mass is 19.1. The van der Waals surface area contributed by atoms with Crippen molar-refractivity contribution in [1.82, 2.24) is 9.97 Å². The molecule has 0 saturated heterocycles. The van der Waals surface area contributed by atoms with Gasteiger partial charge in [0, 0.05) is 18.3 Å². The number of rotatable bonds is 6. The van der Waals surface area contributed by atoms with Gasteiger partial charge in [-0.05, 0) is 31.4 Å². The van der Waals surface area contributed by atoms with Crippen LogP contribution in [0.3, 0.4) is 0 Å². The van der Waals surface area contributed by atoms with E-state index in [0.29, 0.717) is 23.4 Å². The third-order valence-electron chi connectivity index (χ3n) is 3.00. The Bertz CT molecular complexity index is 599. The molecule has 2 N–H and O–H groups in total. The van der Waals surface area contributed by atoms with E-state index in [9.17, 15) is 4.39 Å². The minimum absolute atomic E-state index is 0.303. The van der Waals surface area contributed by atoms with Gasteiger partial charge >= 0.3 is 0 Å². The molecule has 0 amide bonds. The quantitative estimate of drug-likeness (QED) is 0.839. The summed E-state index contributed by atoms with van der Waals surface area (Å²) in [5.74, 6) is 1.47. The Morgan fingerprint density at radius 1 is 1.19 bits per heavy atom. The molecule has 1 aromatic carbocycles. The zero-order valence-corrected chi connectivity index (χ0v) is 12.7. The van der Waals surface area contributed by atoms with Crippen molar-refractivity contribution in [2.45, 2.75) is 27.2 Å². The average Bonchev–Trinajstić information content (AvgIpc) is 2.40. The predicted octanol–water partition coefficient (Wildman–Crippen LogP) is 4.13. The smallest absolute Gasteiger partial charge is 0.224 e. The third kappa shape index (κ3) is 4.70. The molecule has 0 spiro atoms. The van der Waals surface area contributed by atoms with Crippen LogP contribution in [0, 0.1) is 18.7 Å². The Balaban J connectivity index is 2.10. The number of para-hydroxylation sites is 1. The summed E-state index contributed by atoms with van der Waals surface area (Å²) in [5, 5.41) is 6.19. The first-order chi connectivity index (χ1) is 10.0. The molecule has 0 saturated carbocycles. The van der Waals surface area contributed by atoms with Gasteiger partial charge in [0.25, 0.3) is 0 Å². The maximum atomic E-state index is 13.6. The highest BCUT2D eigenvalue weighted by Crippen LogP contribution is 2.19. The molecule has 0 fully saturated rings. The molecule has 1 heterocycles. The summed E-state index contributed by atoms with van der Waals surface area (Å²) in [6, 6.07) is 8.32. The zero-order valence-electron chi connectivity index (χ0n) is 12.7. The van der Waals surface area contributed by atoms with E-state index in [1.54, 1.807) is 24.3 Å². The standard InChI is InChI=1S/C16H21FN4/c1-11(2)8-9-18-16-19-12(3)10-15(21-16)20-14-7-5-4-6-13(14)17/h4-7,10-11H,8-9H2,1-3H3,(H2,18,19,20,21). The van der Waals surface area contributed by atoms with Crippen molar-refractivity contribution in [1.29, 1.82) is 0 Å². The van der Waals surface area contributed by atoms with Gasteiger partial charge in [0.15, 0.2) is 0 Å². The molecule has 21 heavy (non-hydrogen) atoms. The van der Waals surface area contributed by atoms with Crippen LogP contribution in [-0.4, -0.2) is 16.5 Å². The van der Waals surface area contributed by atoms with E-state index in [2.05, 4.69) is 34.4 Å². The van der Waals surface area contributed by atoms with Gasteiger partial charge in [-0.2, -0.15) is 4.98 Å². The molecule has 4 nitrogen and oxygen atoms in total. The summed E-state index contributed by atoms with van der Waals surface area (Å²) in [7, 11) is 0. The van der Waals surface area contributed by atoms with Gasteiger partial charge in [0.05, 0.1) is 5.69 Å². The molecule has 0 unspecified atom stereocenters. The van der Waals surface area contributed by atoms with E-state index in [1.165, 1.54) is 6.07 Å². The van der Waals surface area contributed by atoms with Crippen LogP contribution >= 0.6 is 0 Å². The second-order valence-electron chi connectivity index (χ2n) is 5.43.